The second-order valence-electron chi connectivity index (χ2n) is 5.21. The maximum Gasteiger partial charge on any atom is 0.243 e. The Labute approximate surface area is 131 Å². The van der Waals surface area contributed by atoms with Crippen molar-refractivity contribution in [2.45, 2.75) is 22.8 Å². The summed E-state index contributed by atoms with van der Waals surface area (Å²) in [6.07, 6.45) is 1.08. The molecule has 0 aromatic heterocycles. The molecule has 0 radical (unpaired) electrons. The molecule has 2 atom stereocenters. The first-order valence-corrected chi connectivity index (χ1v) is 9.51. The zero-order chi connectivity index (χ0) is 15.1. The van der Waals surface area contributed by atoms with Gasteiger partial charge in [0.2, 0.25) is 10.0 Å². The lowest BCUT2D eigenvalue weighted by Gasteiger charge is -2.16. The summed E-state index contributed by atoms with van der Waals surface area (Å²) in [5.74, 6) is 0.111. The normalized spacial score (nSPS) is 23.8. The summed E-state index contributed by atoms with van der Waals surface area (Å²) in [6, 6.07) is 5.09. The molecule has 1 aromatic carbocycles. The molecule has 0 amide bonds. The van der Waals surface area contributed by atoms with Crippen LogP contribution in [0.5, 0.6) is 0 Å². The predicted octanol–water partition coefficient (Wildman–Crippen LogP) is 0.480. The number of nitrogens with zero attached hydrogens (tertiary/aromatic N) is 1. The molecule has 21 heavy (non-hydrogen) atoms. The minimum absolute atomic E-state index is 0. The maximum atomic E-state index is 12.4. The van der Waals surface area contributed by atoms with Crippen molar-refractivity contribution in [3.05, 3.63) is 24.3 Å². The van der Waals surface area contributed by atoms with Crippen LogP contribution in [0.3, 0.4) is 0 Å². The highest BCUT2D eigenvalue weighted by atomic mass is 35.5. The Morgan fingerprint density at radius 3 is 1.90 bits per heavy atom. The summed E-state index contributed by atoms with van der Waals surface area (Å²) >= 11 is 0. The summed E-state index contributed by atoms with van der Waals surface area (Å²) in [5.41, 5.74) is 5.84. The highest BCUT2D eigenvalue weighted by molar-refractivity contribution is 7.90. The Morgan fingerprint density at radius 2 is 1.52 bits per heavy atom. The fourth-order valence-electron chi connectivity index (χ4n) is 2.15. The summed E-state index contributed by atoms with van der Waals surface area (Å²) in [7, 11) is -6.94. The quantitative estimate of drug-likeness (QED) is 0.851. The zero-order valence-corrected chi connectivity index (χ0v) is 14.2. The third-order valence-corrected chi connectivity index (χ3v) is 6.50. The molecular formula is C12H19ClN2O4S2. The Balaban J connectivity index is 0.00000220. The fraction of sp³-hybridized carbons (Fsp3) is 0.500. The second-order valence-corrected chi connectivity index (χ2v) is 9.16. The molecule has 1 fully saturated rings. The van der Waals surface area contributed by atoms with Crippen LogP contribution in [0, 0.1) is 5.92 Å². The summed E-state index contributed by atoms with van der Waals surface area (Å²) in [5, 5.41) is 0. The van der Waals surface area contributed by atoms with E-state index in [1.165, 1.54) is 28.6 Å². The van der Waals surface area contributed by atoms with Crippen LogP contribution < -0.4 is 5.73 Å². The van der Waals surface area contributed by atoms with E-state index in [0.29, 0.717) is 6.54 Å². The zero-order valence-electron chi connectivity index (χ0n) is 11.8. The summed E-state index contributed by atoms with van der Waals surface area (Å²) < 4.78 is 48.9. The third-order valence-electron chi connectivity index (χ3n) is 3.53. The largest absolute Gasteiger partial charge is 0.326 e. The van der Waals surface area contributed by atoms with Gasteiger partial charge in [-0.25, -0.2) is 16.8 Å². The minimum Gasteiger partial charge on any atom is -0.326 e. The lowest BCUT2D eigenvalue weighted by Crippen LogP contribution is -2.32. The molecule has 2 N–H and O–H groups in total. The Bertz CT molecular complexity index is 691. The predicted molar refractivity (Wildman–Crippen MR) is 82.7 cm³/mol. The first-order valence-electron chi connectivity index (χ1n) is 6.18. The molecule has 0 saturated carbocycles. The van der Waals surface area contributed by atoms with Crippen molar-refractivity contribution in [3.8, 4) is 0 Å². The molecule has 1 aliphatic heterocycles. The lowest BCUT2D eigenvalue weighted by molar-refractivity contribution is 0.464. The molecule has 1 saturated heterocycles. The summed E-state index contributed by atoms with van der Waals surface area (Å²) in [4.78, 5) is 0.189. The smallest absolute Gasteiger partial charge is 0.243 e. The molecule has 2 unspecified atom stereocenters. The molecule has 6 nitrogen and oxygen atoms in total. The van der Waals surface area contributed by atoms with E-state index in [1.807, 2.05) is 6.92 Å². The van der Waals surface area contributed by atoms with Gasteiger partial charge in [-0.1, -0.05) is 6.92 Å². The number of nitrogens with two attached hydrogens (primary N) is 1. The Hall–Kier alpha value is -0.670. The van der Waals surface area contributed by atoms with Crippen LogP contribution in [0.4, 0.5) is 0 Å². The van der Waals surface area contributed by atoms with Crippen molar-refractivity contribution in [1.29, 1.82) is 0 Å². The Kier molecular flexibility index (Phi) is 5.44. The van der Waals surface area contributed by atoms with Crippen molar-refractivity contribution in [2.75, 3.05) is 19.3 Å². The highest BCUT2D eigenvalue weighted by Gasteiger charge is 2.35. The second kappa shape index (κ2) is 6.21. The van der Waals surface area contributed by atoms with Crippen LogP contribution in [0.2, 0.25) is 0 Å². The maximum absolute atomic E-state index is 12.4. The number of sulfonamides is 1. The number of sulfone groups is 1. The fourth-order valence-corrected chi connectivity index (χ4v) is 4.36. The van der Waals surface area contributed by atoms with Gasteiger partial charge in [0, 0.05) is 25.4 Å². The number of rotatable bonds is 3. The van der Waals surface area contributed by atoms with Gasteiger partial charge in [-0.05, 0) is 30.2 Å². The molecule has 120 valence electrons. The van der Waals surface area contributed by atoms with Crippen molar-refractivity contribution in [2.24, 2.45) is 11.7 Å². The van der Waals surface area contributed by atoms with Gasteiger partial charge in [0.05, 0.1) is 9.79 Å². The van der Waals surface area contributed by atoms with E-state index in [-0.39, 0.29) is 40.7 Å². The molecule has 1 aromatic rings. The van der Waals surface area contributed by atoms with Crippen LogP contribution in [-0.4, -0.2) is 46.5 Å². The monoisotopic (exact) mass is 354 g/mol. The van der Waals surface area contributed by atoms with E-state index in [1.54, 1.807) is 0 Å². The van der Waals surface area contributed by atoms with Crippen molar-refractivity contribution in [1.82, 2.24) is 4.31 Å². The van der Waals surface area contributed by atoms with Gasteiger partial charge in [-0.3, -0.25) is 0 Å². The van der Waals surface area contributed by atoms with Crippen LogP contribution in [-0.2, 0) is 19.9 Å². The molecular weight excluding hydrogens is 336 g/mol. The number of hydrogen-bond donors (Lipinski definition) is 1. The number of halogens is 1. The van der Waals surface area contributed by atoms with Gasteiger partial charge in [-0.15, -0.1) is 12.4 Å². The van der Waals surface area contributed by atoms with Crippen LogP contribution in [0.25, 0.3) is 0 Å². The van der Waals surface area contributed by atoms with E-state index < -0.39 is 19.9 Å². The van der Waals surface area contributed by atoms with Crippen molar-refractivity contribution in [3.63, 3.8) is 0 Å². The van der Waals surface area contributed by atoms with Gasteiger partial charge in [-0.2, -0.15) is 4.31 Å². The van der Waals surface area contributed by atoms with E-state index in [2.05, 4.69) is 0 Å². The number of benzene rings is 1. The van der Waals surface area contributed by atoms with Crippen LogP contribution in [0.1, 0.15) is 6.92 Å². The molecule has 0 aliphatic carbocycles. The Morgan fingerprint density at radius 1 is 1.05 bits per heavy atom. The standard InChI is InChI=1S/C12H18N2O4S2.ClH/c1-9-7-14(8-12(9)13)20(17,18)11-5-3-10(4-6-11)19(2,15)16;/h3-6,9,12H,7-8,13H2,1-2H3;1H. The molecule has 9 heteroatoms. The molecule has 0 bridgehead atoms. The van der Waals surface area contributed by atoms with E-state index >= 15 is 0 Å². The van der Waals surface area contributed by atoms with Crippen LogP contribution >= 0.6 is 12.4 Å². The van der Waals surface area contributed by atoms with E-state index in [9.17, 15) is 16.8 Å². The lowest BCUT2D eigenvalue weighted by atomic mass is 10.1. The topological polar surface area (TPSA) is 97.5 Å². The molecule has 1 heterocycles. The van der Waals surface area contributed by atoms with Crippen molar-refractivity contribution >= 4 is 32.3 Å². The molecule has 2 rings (SSSR count). The van der Waals surface area contributed by atoms with Gasteiger partial charge >= 0.3 is 0 Å². The first-order chi connectivity index (χ1) is 9.12. The average molecular weight is 355 g/mol. The van der Waals surface area contributed by atoms with Gasteiger partial charge in [0.15, 0.2) is 9.84 Å². The average Bonchev–Trinajstić information content (AvgIpc) is 2.69. The third kappa shape index (κ3) is 3.75. The SMILES string of the molecule is CC1CN(S(=O)(=O)c2ccc(S(C)(=O)=O)cc2)CC1N.Cl. The van der Waals surface area contributed by atoms with Gasteiger partial charge in [0.1, 0.15) is 0 Å². The first kappa shape index (κ1) is 18.4. The van der Waals surface area contributed by atoms with Gasteiger partial charge < -0.3 is 5.73 Å². The van der Waals surface area contributed by atoms with Crippen LogP contribution in [0.15, 0.2) is 34.1 Å². The van der Waals surface area contributed by atoms with Gasteiger partial charge in [0.25, 0.3) is 0 Å². The van der Waals surface area contributed by atoms with Crippen molar-refractivity contribution < 1.29 is 16.8 Å². The summed E-state index contributed by atoms with van der Waals surface area (Å²) in [6.45, 7) is 2.58. The number of hydrogen-bond acceptors (Lipinski definition) is 5. The molecule has 0 spiro atoms. The van der Waals surface area contributed by atoms with E-state index in [4.69, 9.17) is 5.73 Å². The molecule has 1 aliphatic rings. The van der Waals surface area contributed by atoms with E-state index in [0.717, 1.165) is 6.26 Å². The highest BCUT2D eigenvalue weighted by Crippen LogP contribution is 2.24. The minimum atomic E-state index is -3.61.